The fraction of sp³-hybridized carbons (Fsp3) is 0.500. The highest BCUT2D eigenvalue weighted by Crippen LogP contribution is 2.27. The Hall–Kier alpha value is -2.15. The van der Waals surface area contributed by atoms with Gasteiger partial charge in [0.2, 0.25) is 11.8 Å². The molecule has 8 heteroatoms. The number of rotatable bonds is 7. The Labute approximate surface area is 156 Å². The lowest BCUT2D eigenvalue weighted by Crippen LogP contribution is -2.46. The van der Waals surface area contributed by atoms with Gasteiger partial charge >= 0.3 is 5.97 Å². The van der Waals surface area contributed by atoms with Crippen LogP contribution in [0.15, 0.2) is 18.2 Å². The number of carboxylic acid groups (broad SMARTS) is 1. The van der Waals surface area contributed by atoms with E-state index in [2.05, 4.69) is 5.32 Å². The Bertz CT molecular complexity index is 710. The smallest absolute Gasteiger partial charge is 0.326 e. The van der Waals surface area contributed by atoms with Crippen LogP contribution in [0.1, 0.15) is 38.7 Å². The van der Waals surface area contributed by atoms with Gasteiger partial charge in [0.15, 0.2) is 0 Å². The second-order valence-electron chi connectivity index (χ2n) is 6.78. The van der Waals surface area contributed by atoms with Gasteiger partial charge in [-0.05, 0) is 36.1 Å². The molecule has 1 heterocycles. The standard InChI is InChI=1S/C18H22ClFN2O4/c1-10(2)17(18(25)26)21-15(23)8-13-4-6-16(24)22(13)9-11-7-12(20)3-5-14(11)19/h3,5,7,10,13,17H,4,6,8-9H2,1-2H3,(H,21,23)(H,25,26)/t13-,17-/m0/s1. The number of likely N-dealkylation sites (tertiary alicyclic amines) is 1. The van der Waals surface area contributed by atoms with E-state index in [0.29, 0.717) is 17.0 Å². The number of nitrogens with zero attached hydrogens (tertiary/aromatic N) is 1. The second-order valence-corrected chi connectivity index (χ2v) is 7.19. The number of carbonyl (C=O) groups excluding carboxylic acids is 2. The first-order valence-electron chi connectivity index (χ1n) is 8.44. The van der Waals surface area contributed by atoms with Crippen LogP contribution in [-0.4, -0.2) is 39.9 Å². The van der Waals surface area contributed by atoms with Gasteiger partial charge < -0.3 is 15.3 Å². The van der Waals surface area contributed by atoms with E-state index in [4.69, 9.17) is 16.7 Å². The maximum absolute atomic E-state index is 13.4. The Morgan fingerprint density at radius 2 is 2.12 bits per heavy atom. The van der Waals surface area contributed by atoms with Gasteiger partial charge in [0.05, 0.1) is 0 Å². The number of hydrogen-bond acceptors (Lipinski definition) is 3. The number of amides is 2. The van der Waals surface area contributed by atoms with Crippen LogP contribution in [0.2, 0.25) is 5.02 Å². The SMILES string of the molecule is CC(C)[C@H](NC(=O)C[C@@H]1CCC(=O)N1Cc1cc(F)ccc1Cl)C(=O)O. The van der Waals surface area contributed by atoms with Crippen molar-refractivity contribution in [2.75, 3.05) is 0 Å². The maximum atomic E-state index is 13.4. The molecule has 26 heavy (non-hydrogen) atoms. The molecule has 0 spiro atoms. The predicted molar refractivity (Wildman–Crippen MR) is 94.0 cm³/mol. The van der Waals surface area contributed by atoms with E-state index in [-0.39, 0.29) is 37.3 Å². The molecular formula is C18H22ClFN2O4. The molecule has 142 valence electrons. The molecule has 0 radical (unpaired) electrons. The minimum absolute atomic E-state index is 0.00479. The van der Waals surface area contributed by atoms with Crippen molar-refractivity contribution in [2.24, 2.45) is 5.92 Å². The number of benzene rings is 1. The number of carbonyl (C=O) groups is 3. The lowest BCUT2D eigenvalue weighted by atomic mass is 10.0. The van der Waals surface area contributed by atoms with Crippen LogP contribution in [0.3, 0.4) is 0 Å². The zero-order valence-corrected chi connectivity index (χ0v) is 15.4. The minimum Gasteiger partial charge on any atom is -0.480 e. The van der Waals surface area contributed by atoms with E-state index >= 15 is 0 Å². The van der Waals surface area contributed by atoms with Gasteiger partial charge in [0, 0.05) is 30.5 Å². The van der Waals surface area contributed by atoms with Crippen molar-refractivity contribution in [1.82, 2.24) is 10.2 Å². The van der Waals surface area contributed by atoms with E-state index in [1.807, 2.05) is 0 Å². The fourth-order valence-electron chi connectivity index (χ4n) is 3.03. The van der Waals surface area contributed by atoms with Gasteiger partial charge in [0.25, 0.3) is 0 Å². The highest BCUT2D eigenvalue weighted by atomic mass is 35.5. The minimum atomic E-state index is -1.10. The first-order valence-corrected chi connectivity index (χ1v) is 8.82. The third kappa shape index (κ3) is 4.94. The van der Waals surface area contributed by atoms with E-state index in [1.165, 1.54) is 23.1 Å². The highest BCUT2D eigenvalue weighted by molar-refractivity contribution is 6.31. The summed E-state index contributed by atoms with van der Waals surface area (Å²) in [6.45, 7) is 3.52. The zero-order valence-electron chi connectivity index (χ0n) is 14.7. The summed E-state index contributed by atoms with van der Waals surface area (Å²) >= 11 is 6.07. The van der Waals surface area contributed by atoms with Crippen molar-refractivity contribution in [2.45, 2.75) is 51.7 Å². The van der Waals surface area contributed by atoms with Crippen LogP contribution in [0.4, 0.5) is 4.39 Å². The molecule has 0 aliphatic carbocycles. The Kier molecular flexibility index (Phi) is 6.58. The molecule has 2 atom stereocenters. The summed E-state index contributed by atoms with van der Waals surface area (Å²) in [4.78, 5) is 37.1. The third-order valence-corrected chi connectivity index (χ3v) is 4.84. The molecule has 1 aromatic carbocycles. The van der Waals surface area contributed by atoms with Crippen molar-refractivity contribution in [3.8, 4) is 0 Å². The molecule has 0 saturated carbocycles. The highest BCUT2D eigenvalue weighted by Gasteiger charge is 2.34. The molecule has 1 aliphatic rings. The molecule has 6 nitrogen and oxygen atoms in total. The van der Waals surface area contributed by atoms with Crippen LogP contribution >= 0.6 is 11.6 Å². The predicted octanol–water partition coefficient (Wildman–Crippen LogP) is 2.59. The summed E-state index contributed by atoms with van der Waals surface area (Å²) in [5.41, 5.74) is 0.470. The zero-order chi connectivity index (χ0) is 19.4. The lowest BCUT2D eigenvalue weighted by Gasteiger charge is -2.26. The summed E-state index contributed by atoms with van der Waals surface area (Å²) in [6.07, 6.45) is 0.769. The normalized spacial score (nSPS) is 18.3. The topological polar surface area (TPSA) is 86.7 Å². The van der Waals surface area contributed by atoms with Crippen molar-refractivity contribution in [1.29, 1.82) is 0 Å². The first-order chi connectivity index (χ1) is 12.2. The van der Waals surface area contributed by atoms with Gasteiger partial charge in [-0.25, -0.2) is 9.18 Å². The largest absolute Gasteiger partial charge is 0.480 e. The van der Waals surface area contributed by atoms with Crippen LogP contribution in [0.5, 0.6) is 0 Å². The van der Waals surface area contributed by atoms with Crippen molar-refractivity contribution in [3.63, 3.8) is 0 Å². The summed E-state index contributed by atoms with van der Waals surface area (Å²) < 4.78 is 13.4. The van der Waals surface area contributed by atoms with Gasteiger partial charge in [-0.2, -0.15) is 0 Å². The Morgan fingerprint density at radius 1 is 1.42 bits per heavy atom. The van der Waals surface area contributed by atoms with Gasteiger partial charge in [-0.3, -0.25) is 9.59 Å². The molecule has 2 amide bonds. The molecule has 1 aromatic rings. The van der Waals surface area contributed by atoms with Crippen molar-refractivity contribution >= 4 is 29.4 Å². The number of halogens is 2. The number of carboxylic acids is 1. The monoisotopic (exact) mass is 384 g/mol. The summed E-state index contributed by atoms with van der Waals surface area (Å²) in [7, 11) is 0. The Balaban J connectivity index is 2.06. The van der Waals surface area contributed by atoms with Gasteiger partial charge in [-0.15, -0.1) is 0 Å². The van der Waals surface area contributed by atoms with E-state index in [1.54, 1.807) is 13.8 Å². The molecule has 0 unspecified atom stereocenters. The summed E-state index contributed by atoms with van der Waals surface area (Å²) in [5.74, 6) is -2.38. The van der Waals surface area contributed by atoms with Gasteiger partial charge in [0.1, 0.15) is 11.9 Å². The van der Waals surface area contributed by atoms with E-state index in [0.717, 1.165) is 0 Å². The molecule has 0 bridgehead atoms. The average molecular weight is 385 g/mol. The van der Waals surface area contributed by atoms with Gasteiger partial charge in [-0.1, -0.05) is 25.4 Å². The van der Waals surface area contributed by atoms with Crippen LogP contribution in [0, 0.1) is 11.7 Å². The molecule has 2 rings (SSSR count). The summed E-state index contributed by atoms with van der Waals surface area (Å²) in [5, 5.41) is 12.0. The number of aliphatic carboxylic acids is 1. The fourth-order valence-corrected chi connectivity index (χ4v) is 3.21. The van der Waals surface area contributed by atoms with Crippen LogP contribution in [0.25, 0.3) is 0 Å². The Morgan fingerprint density at radius 3 is 2.73 bits per heavy atom. The number of hydrogen-bond donors (Lipinski definition) is 2. The average Bonchev–Trinajstić information content (AvgIpc) is 2.88. The molecule has 2 N–H and O–H groups in total. The van der Waals surface area contributed by atoms with Crippen molar-refractivity contribution < 1.29 is 23.9 Å². The van der Waals surface area contributed by atoms with E-state index in [9.17, 15) is 18.8 Å². The molecule has 0 aromatic heterocycles. The van der Waals surface area contributed by atoms with Crippen LogP contribution < -0.4 is 5.32 Å². The third-order valence-electron chi connectivity index (χ3n) is 4.47. The number of nitrogens with one attached hydrogen (secondary N) is 1. The molecular weight excluding hydrogens is 363 g/mol. The quantitative estimate of drug-likeness (QED) is 0.756. The first kappa shape index (κ1) is 20.2. The molecule has 1 fully saturated rings. The second kappa shape index (κ2) is 8.49. The van der Waals surface area contributed by atoms with Crippen LogP contribution in [-0.2, 0) is 20.9 Å². The molecule has 1 saturated heterocycles. The molecule has 1 aliphatic heterocycles. The van der Waals surface area contributed by atoms with Crippen molar-refractivity contribution in [3.05, 3.63) is 34.6 Å². The maximum Gasteiger partial charge on any atom is 0.326 e. The summed E-state index contributed by atoms with van der Waals surface area (Å²) in [6, 6.07) is 2.58. The lowest BCUT2D eigenvalue weighted by molar-refractivity contribution is -0.143. The van der Waals surface area contributed by atoms with E-state index < -0.39 is 23.7 Å².